The lowest BCUT2D eigenvalue weighted by Crippen LogP contribution is -2.29. The van der Waals surface area contributed by atoms with Gasteiger partial charge in [0.1, 0.15) is 5.69 Å². The van der Waals surface area contributed by atoms with Gasteiger partial charge in [-0.15, -0.1) is 0 Å². The van der Waals surface area contributed by atoms with E-state index in [9.17, 15) is 10.1 Å². The van der Waals surface area contributed by atoms with Gasteiger partial charge in [-0.1, -0.05) is 91.0 Å². The first-order valence-electron chi connectivity index (χ1n) is 12.5. The van der Waals surface area contributed by atoms with Crippen LogP contribution in [0.15, 0.2) is 97.1 Å². The van der Waals surface area contributed by atoms with Gasteiger partial charge < -0.3 is 4.57 Å². The second-order valence-electron chi connectivity index (χ2n) is 9.69. The summed E-state index contributed by atoms with van der Waals surface area (Å²) in [4.78, 5) is 11.7. The van der Waals surface area contributed by atoms with Gasteiger partial charge in [-0.05, 0) is 52.8 Å². The summed E-state index contributed by atoms with van der Waals surface area (Å²) in [6, 6.07) is 26.2. The Morgan fingerprint density at radius 3 is 2.53 bits per heavy atom. The molecule has 0 radical (unpaired) electrons. The van der Waals surface area contributed by atoms with Gasteiger partial charge in [0.2, 0.25) is 0 Å². The highest BCUT2D eigenvalue weighted by molar-refractivity contribution is 5.85. The van der Waals surface area contributed by atoms with E-state index < -0.39 is 0 Å². The molecule has 36 heavy (non-hydrogen) atoms. The number of aromatic nitrogens is 1. The highest BCUT2D eigenvalue weighted by Gasteiger charge is 2.32. The molecule has 3 aliphatic carbocycles. The van der Waals surface area contributed by atoms with Crippen molar-refractivity contribution in [2.24, 2.45) is 0 Å². The predicted octanol–water partition coefficient (Wildman–Crippen LogP) is 6.24. The van der Waals surface area contributed by atoms with Crippen molar-refractivity contribution in [1.29, 1.82) is 0 Å². The fraction of sp³-hybridized carbons (Fsp3) is 0.125. The molecule has 0 spiro atoms. The molecule has 1 aromatic heterocycles. The van der Waals surface area contributed by atoms with Crippen molar-refractivity contribution in [1.82, 2.24) is 4.57 Å². The topological polar surface area (TPSA) is 48.1 Å². The van der Waals surface area contributed by atoms with Gasteiger partial charge in [-0.25, -0.2) is 0 Å². The van der Waals surface area contributed by atoms with Crippen LogP contribution in [0.1, 0.15) is 41.4 Å². The Bertz CT molecular complexity index is 1720. The van der Waals surface area contributed by atoms with Gasteiger partial charge in [0, 0.05) is 28.8 Å². The number of hydrogen-bond acceptors (Lipinski definition) is 2. The summed E-state index contributed by atoms with van der Waals surface area (Å²) in [7, 11) is 0. The molecule has 7 rings (SSSR count). The number of benzene rings is 3. The summed E-state index contributed by atoms with van der Waals surface area (Å²) in [5.74, 6) is 0.418. The molecule has 3 aromatic carbocycles. The maximum Gasteiger partial charge on any atom is 0.293 e. The minimum atomic E-state index is -0.271. The average molecular weight is 469 g/mol. The third kappa shape index (κ3) is 3.14. The van der Waals surface area contributed by atoms with Crippen molar-refractivity contribution in [3.63, 3.8) is 0 Å². The number of nitro benzene ring substituents is 1. The van der Waals surface area contributed by atoms with E-state index in [4.69, 9.17) is 0 Å². The molecule has 0 amide bonds. The van der Waals surface area contributed by atoms with Crippen LogP contribution in [0, 0.1) is 10.1 Å². The quantitative estimate of drug-likeness (QED) is 0.263. The molecule has 4 aromatic rings. The molecular weight excluding hydrogens is 444 g/mol. The largest absolute Gasteiger partial charge is 0.304 e. The highest BCUT2D eigenvalue weighted by Crippen LogP contribution is 2.39. The third-order valence-electron chi connectivity index (χ3n) is 7.66. The monoisotopic (exact) mass is 468 g/mol. The Morgan fingerprint density at radius 2 is 1.67 bits per heavy atom. The van der Waals surface area contributed by atoms with Gasteiger partial charge >= 0.3 is 0 Å². The van der Waals surface area contributed by atoms with Crippen molar-refractivity contribution in [3.05, 3.63) is 135 Å². The zero-order valence-electron chi connectivity index (χ0n) is 19.7. The van der Waals surface area contributed by atoms with Gasteiger partial charge in [-0.2, -0.15) is 0 Å². The van der Waals surface area contributed by atoms with Crippen LogP contribution in [0.25, 0.3) is 34.5 Å². The predicted molar refractivity (Wildman–Crippen MR) is 144 cm³/mol. The fourth-order valence-electron chi connectivity index (χ4n) is 6.07. The number of nitrogens with zero attached hydrogens (tertiary/aromatic N) is 2. The van der Waals surface area contributed by atoms with Crippen LogP contribution >= 0.6 is 0 Å². The van der Waals surface area contributed by atoms with Crippen LogP contribution in [-0.2, 0) is 0 Å². The highest BCUT2D eigenvalue weighted by atomic mass is 16.6. The molecule has 4 heteroatoms. The Balaban J connectivity index is 1.49. The average Bonchev–Trinajstić information content (AvgIpc) is 3.27. The number of hydrogen-bond donors (Lipinski definition) is 0. The summed E-state index contributed by atoms with van der Waals surface area (Å²) in [5.41, 5.74) is 8.12. The van der Waals surface area contributed by atoms with Crippen LogP contribution in [-0.4, -0.2) is 9.49 Å². The molecule has 1 heterocycles. The summed E-state index contributed by atoms with van der Waals surface area (Å²) in [6.45, 7) is 0. The molecule has 2 atom stereocenters. The minimum Gasteiger partial charge on any atom is -0.304 e. The van der Waals surface area contributed by atoms with E-state index in [0.29, 0.717) is 11.6 Å². The van der Waals surface area contributed by atoms with E-state index in [1.54, 1.807) is 12.1 Å². The van der Waals surface area contributed by atoms with Crippen LogP contribution < -0.4 is 10.7 Å². The summed E-state index contributed by atoms with van der Waals surface area (Å²) in [5, 5.41) is 14.2. The lowest BCUT2D eigenvalue weighted by Gasteiger charge is -2.24. The Morgan fingerprint density at radius 1 is 0.861 bits per heavy atom. The van der Waals surface area contributed by atoms with E-state index in [-0.39, 0.29) is 16.5 Å². The van der Waals surface area contributed by atoms with Gasteiger partial charge in [-0.3, -0.25) is 10.1 Å². The molecule has 4 nitrogen and oxygen atoms in total. The van der Waals surface area contributed by atoms with Crippen molar-refractivity contribution in [2.45, 2.75) is 24.7 Å². The molecule has 0 fully saturated rings. The van der Waals surface area contributed by atoms with E-state index in [1.807, 2.05) is 18.2 Å². The SMILES string of the molecule is O=[N+]([O-])c1ccccc1-n1c2c3c4c1=CCCC4C=CC3=CC(c1cccc(-c3ccccc3)c1)C=2. The summed E-state index contributed by atoms with van der Waals surface area (Å²) < 4.78 is 2.14. The first-order valence-corrected chi connectivity index (χ1v) is 12.5. The van der Waals surface area contributed by atoms with Gasteiger partial charge in [0.25, 0.3) is 5.69 Å². The first-order chi connectivity index (χ1) is 17.7. The Kier molecular flexibility index (Phi) is 4.68. The van der Waals surface area contributed by atoms with Crippen LogP contribution in [0.2, 0.25) is 0 Å². The van der Waals surface area contributed by atoms with Crippen LogP contribution in [0.4, 0.5) is 5.69 Å². The Labute approximate surface area is 209 Å². The molecule has 174 valence electrons. The molecule has 0 saturated heterocycles. The third-order valence-corrected chi connectivity index (χ3v) is 7.66. The van der Waals surface area contributed by atoms with Crippen molar-refractivity contribution < 1.29 is 4.92 Å². The Hall–Kier alpha value is -4.44. The lowest BCUT2D eigenvalue weighted by atomic mass is 9.79. The normalized spacial score (nSPS) is 19.1. The number of para-hydroxylation sites is 2. The molecule has 0 aliphatic heterocycles. The van der Waals surface area contributed by atoms with Crippen LogP contribution in [0.3, 0.4) is 0 Å². The van der Waals surface area contributed by atoms with Gasteiger partial charge in [0.05, 0.1) is 10.3 Å². The number of allylic oxidation sites excluding steroid dienone is 4. The lowest BCUT2D eigenvalue weighted by molar-refractivity contribution is -0.384. The van der Waals surface area contributed by atoms with Crippen molar-refractivity contribution in [2.75, 3.05) is 0 Å². The molecular formula is C32H24N2O2. The molecule has 2 unspecified atom stereocenters. The minimum absolute atomic E-state index is 0.0650. The van der Waals surface area contributed by atoms with Crippen LogP contribution in [0.5, 0.6) is 0 Å². The molecule has 0 N–H and O–H groups in total. The first kappa shape index (κ1) is 20.9. The maximum absolute atomic E-state index is 12.0. The maximum atomic E-state index is 12.0. The second-order valence-corrected chi connectivity index (χ2v) is 9.69. The zero-order valence-corrected chi connectivity index (χ0v) is 19.7. The standard InChI is InChI=1S/C32H24N2O2/c35-34(36)28-14-5-4-13-27(28)33-29-15-7-10-22-16-17-25-19-26(20-30(33)32(25)31(22)29)24-12-6-11-23(18-24)21-8-2-1-3-9-21/h1-6,8-9,11-20,22,26H,7,10H2. The number of rotatable bonds is 4. The molecule has 3 aliphatic rings. The van der Waals surface area contributed by atoms with E-state index >= 15 is 0 Å². The van der Waals surface area contributed by atoms with E-state index in [1.165, 1.54) is 33.4 Å². The fourth-order valence-corrected chi connectivity index (χ4v) is 6.07. The second kappa shape index (κ2) is 8.06. The summed E-state index contributed by atoms with van der Waals surface area (Å²) >= 11 is 0. The smallest absolute Gasteiger partial charge is 0.293 e. The summed E-state index contributed by atoms with van der Waals surface area (Å²) in [6.07, 6.45) is 13.5. The van der Waals surface area contributed by atoms with E-state index in [2.05, 4.69) is 83.5 Å². The molecule has 0 saturated carbocycles. The molecule has 0 bridgehead atoms. The van der Waals surface area contributed by atoms with E-state index in [0.717, 1.165) is 23.5 Å². The van der Waals surface area contributed by atoms with Gasteiger partial charge in [0.15, 0.2) is 0 Å². The zero-order chi connectivity index (χ0) is 24.2. The van der Waals surface area contributed by atoms with Crippen molar-refractivity contribution in [3.8, 4) is 16.8 Å². The number of nitro groups is 1. The van der Waals surface area contributed by atoms with Crippen molar-refractivity contribution >= 4 is 23.4 Å².